The molecule has 5 heteroatoms. The Kier molecular flexibility index (Phi) is 2.04. The Bertz CT molecular complexity index is 669. The lowest BCUT2D eigenvalue weighted by molar-refractivity contribution is 0.959. The van der Waals surface area contributed by atoms with E-state index in [1.165, 1.54) is 0 Å². The molecule has 84 valence electrons. The van der Waals surface area contributed by atoms with Crippen LogP contribution in [0.15, 0.2) is 36.9 Å². The maximum absolute atomic E-state index is 5.58. The van der Waals surface area contributed by atoms with Gasteiger partial charge in [-0.05, 0) is 30.7 Å². The zero-order valence-corrected chi connectivity index (χ0v) is 9.33. The molecule has 3 heterocycles. The highest BCUT2D eigenvalue weighted by Crippen LogP contribution is 2.23. The van der Waals surface area contributed by atoms with Crippen molar-refractivity contribution in [1.29, 1.82) is 0 Å². The van der Waals surface area contributed by atoms with Gasteiger partial charge in [-0.15, -0.1) is 0 Å². The smallest absolute Gasteiger partial charge is 0.155 e. The molecule has 0 atom stereocenters. The lowest BCUT2D eigenvalue weighted by Gasteiger charge is -2.06. The molecule has 3 aromatic rings. The first-order chi connectivity index (χ1) is 8.24. The molecule has 3 aromatic heterocycles. The quantitative estimate of drug-likeness (QED) is 0.684. The Labute approximate surface area is 97.9 Å². The third-order valence-corrected chi connectivity index (χ3v) is 2.72. The van der Waals surface area contributed by atoms with Gasteiger partial charge in [0.05, 0.1) is 0 Å². The van der Waals surface area contributed by atoms with E-state index in [4.69, 9.17) is 5.73 Å². The number of fused-ring (bicyclic) bond motifs is 1. The number of nitrogen functional groups attached to an aromatic ring is 1. The predicted octanol–water partition coefficient (Wildman–Crippen LogP) is 1.68. The molecule has 3 rings (SSSR count). The Balaban J connectivity index is 2.21. The summed E-state index contributed by atoms with van der Waals surface area (Å²) in [5, 5.41) is 4.12. The highest BCUT2D eigenvalue weighted by Gasteiger charge is 2.05. The molecule has 0 fully saturated rings. The van der Waals surface area contributed by atoms with E-state index in [1.807, 2.05) is 25.3 Å². The van der Waals surface area contributed by atoms with Gasteiger partial charge in [-0.3, -0.25) is 0 Å². The summed E-state index contributed by atoms with van der Waals surface area (Å²) in [5.41, 5.74) is 9.66. The van der Waals surface area contributed by atoms with Gasteiger partial charge in [0, 0.05) is 23.5 Å². The minimum Gasteiger partial charge on any atom is -0.384 e. The van der Waals surface area contributed by atoms with Gasteiger partial charge >= 0.3 is 0 Å². The lowest BCUT2D eigenvalue weighted by Crippen LogP contribution is -1.94. The van der Waals surface area contributed by atoms with Crippen LogP contribution >= 0.6 is 0 Å². The largest absolute Gasteiger partial charge is 0.384 e. The van der Waals surface area contributed by atoms with E-state index in [0.717, 1.165) is 22.3 Å². The van der Waals surface area contributed by atoms with Gasteiger partial charge in [-0.25, -0.2) is 14.5 Å². The van der Waals surface area contributed by atoms with E-state index in [1.54, 1.807) is 23.1 Å². The summed E-state index contributed by atoms with van der Waals surface area (Å²) in [5.74, 6) is 0.522. The Morgan fingerprint density at radius 2 is 2.12 bits per heavy atom. The average Bonchev–Trinajstić information content (AvgIpc) is 2.76. The van der Waals surface area contributed by atoms with E-state index in [2.05, 4.69) is 15.1 Å². The van der Waals surface area contributed by atoms with Gasteiger partial charge in [0.1, 0.15) is 12.1 Å². The number of pyridine rings is 2. The summed E-state index contributed by atoms with van der Waals surface area (Å²) in [4.78, 5) is 8.24. The molecular weight excluding hydrogens is 214 g/mol. The molecule has 0 spiro atoms. The molecule has 5 nitrogen and oxygen atoms in total. The van der Waals surface area contributed by atoms with Gasteiger partial charge in [0.15, 0.2) is 5.65 Å². The van der Waals surface area contributed by atoms with Crippen molar-refractivity contribution in [3.8, 4) is 11.1 Å². The van der Waals surface area contributed by atoms with Crippen LogP contribution < -0.4 is 5.73 Å². The third kappa shape index (κ3) is 1.61. The fraction of sp³-hybridized carbons (Fsp3) is 0.0833. The van der Waals surface area contributed by atoms with Gasteiger partial charge in [-0.1, -0.05) is 0 Å². The van der Waals surface area contributed by atoms with E-state index in [-0.39, 0.29) is 0 Å². The molecule has 0 aromatic carbocycles. The number of rotatable bonds is 1. The van der Waals surface area contributed by atoms with Crippen LogP contribution in [0.25, 0.3) is 16.8 Å². The number of nitrogens with zero attached hydrogens (tertiary/aromatic N) is 4. The van der Waals surface area contributed by atoms with Crippen LogP contribution in [0.4, 0.5) is 5.82 Å². The summed E-state index contributed by atoms with van der Waals surface area (Å²) in [6, 6.07) is 5.74. The number of nitrogens with two attached hydrogens (primary N) is 1. The highest BCUT2D eigenvalue weighted by molar-refractivity contribution is 5.68. The van der Waals surface area contributed by atoms with E-state index in [0.29, 0.717) is 5.82 Å². The second kappa shape index (κ2) is 3.55. The minimum atomic E-state index is 0.522. The first-order valence-electron chi connectivity index (χ1n) is 5.26. The first kappa shape index (κ1) is 9.77. The van der Waals surface area contributed by atoms with E-state index < -0.39 is 0 Å². The van der Waals surface area contributed by atoms with Crippen LogP contribution in [0, 0.1) is 6.92 Å². The third-order valence-electron chi connectivity index (χ3n) is 2.72. The first-order valence-corrected chi connectivity index (χ1v) is 5.26. The molecule has 0 saturated carbocycles. The van der Waals surface area contributed by atoms with E-state index in [9.17, 15) is 0 Å². The topological polar surface area (TPSA) is 69.1 Å². The summed E-state index contributed by atoms with van der Waals surface area (Å²) in [6.45, 7) is 2.04. The van der Waals surface area contributed by atoms with Crippen molar-refractivity contribution < 1.29 is 0 Å². The summed E-state index contributed by atoms with van der Waals surface area (Å²) in [6.07, 6.45) is 5.26. The molecular formula is C12H11N5. The van der Waals surface area contributed by atoms with Crippen molar-refractivity contribution in [3.05, 3.63) is 42.5 Å². The van der Waals surface area contributed by atoms with Gasteiger partial charge in [0.2, 0.25) is 0 Å². The zero-order chi connectivity index (χ0) is 11.8. The van der Waals surface area contributed by atoms with Crippen molar-refractivity contribution in [2.24, 2.45) is 0 Å². The van der Waals surface area contributed by atoms with Crippen LogP contribution in [0.5, 0.6) is 0 Å². The summed E-state index contributed by atoms with van der Waals surface area (Å²) < 4.78 is 1.75. The minimum absolute atomic E-state index is 0.522. The van der Waals surface area contributed by atoms with Crippen LogP contribution in [-0.4, -0.2) is 19.6 Å². The van der Waals surface area contributed by atoms with Crippen molar-refractivity contribution in [1.82, 2.24) is 19.6 Å². The average molecular weight is 225 g/mol. The van der Waals surface area contributed by atoms with Crippen molar-refractivity contribution in [3.63, 3.8) is 0 Å². The molecule has 17 heavy (non-hydrogen) atoms. The van der Waals surface area contributed by atoms with Gasteiger partial charge < -0.3 is 5.73 Å². The monoisotopic (exact) mass is 225 g/mol. The Morgan fingerprint density at radius 3 is 2.88 bits per heavy atom. The molecule has 2 N–H and O–H groups in total. The molecule has 0 aliphatic carbocycles. The predicted molar refractivity (Wildman–Crippen MR) is 65.4 cm³/mol. The molecule has 0 aliphatic rings. The lowest BCUT2D eigenvalue weighted by atomic mass is 10.1. The molecule has 0 unspecified atom stereocenters. The van der Waals surface area contributed by atoms with Crippen LogP contribution in [0.3, 0.4) is 0 Å². The number of anilines is 1. The normalized spacial score (nSPS) is 10.9. The van der Waals surface area contributed by atoms with Crippen molar-refractivity contribution in [2.75, 3.05) is 5.73 Å². The standard InChI is InChI=1S/C12H11N5/c1-8-4-12-15-7-16-17(12)6-10(8)9-2-3-11(13)14-5-9/h2-7H,1H3,(H2,13,14). The van der Waals surface area contributed by atoms with Crippen LogP contribution in [0.1, 0.15) is 5.56 Å². The molecule has 0 aliphatic heterocycles. The Hall–Kier alpha value is -2.43. The molecule has 0 amide bonds. The second-order valence-corrected chi connectivity index (χ2v) is 3.90. The molecule has 0 saturated heterocycles. The van der Waals surface area contributed by atoms with Crippen molar-refractivity contribution >= 4 is 11.5 Å². The second-order valence-electron chi connectivity index (χ2n) is 3.90. The number of hydrogen-bond acceptors (Lipinski definition) is 4. The van der Waals surface area contributed by atoms with Crippen LogP contribution in [-0.2, 0) is 0 Å². The molecule has 0 bridgehead atoms. The Morgan fingerprint density at radius 1 is 1.24 bits per heavy atom. The number of aromatic nitrogens is 4. The highest BCUT2D eigenvalue weighted by atomic mass is 15.3. The molecule has 0 radical (unpaired) electrons. The summed E-state index contributed by atoms with van der Waals surface area (Å²) >= 11 is 0. The number of aryl methyl sites for hydroxylation is 1. The fourth-order valence-electron chi connectivity index (χ4n) is 1.82. The van der Waals surface area contributed by atoms with Gasteiger partial charge in [0.25, 0.3) is 0 Å². The fourth-order valence-corrected chi connectivity index (χ4v) is 1.82. The maximum atomic E-state index is 5.58. The maximum Gasteiger partial charge on any atom is 0.155 e. The van der Waals surface area contributed by atoms with Gasteiger partial charge in [-0.2, -0.15) is 5.10 Å². The SMILES string of the molecule is Cc1cc2ncnn2cc1-c1ccc(N)nc1. The van der Waals surface area contributed by atoms with Crippen molar-refractivity contribution in [2.45, 2.75) is 6.92 Å². The van der Waals surface area contributed by atoms with E-state index >= 15 is 0 Å². The number of hydrogen-bond donors (Lipinski definition) is 1. The van der Waals surface area contributed by atoms with Crippen LogP contribution in [0.2, 0.25) is 0 Å². The summed E-state index contributed by atoms with van der Waals surface area (Å²) in [7, 11) is 0. The zero-order valence-electron chi connectivity index (χ0n) is 9.33.